The van der Waals surface area contributed by atoms with Crippen LogP contribution in [0.15, 0.2) is 48.6 Å². The third kappa shape index (κ3) is 4.10. The third-order valence-electron chi connectivity index (χ3n) is 4.85. The number of benzene rings is 2. The van der Waals surface area contributed by atoms with Gasteiger partial charge in [-0.15, -0.1) is 0 Å². The summed E-state index contributed by atoms with van der Waals surface area (Å²) in [5.74, 6) is -3.21. The summed E-state index contributed by atoms with van der Waals surface area (Å²) in [6.07, 6.45) is -5.20. The van der Waals surface area contributed by atoms with Crippen molar-refractivity contribution in [1.29, 1.82) is 0 Å². The summed E-state index contributed by atoms with van der Waals surface area (Å²) in [5, 5.41) is -0.138. The number of halogens is 5. The van der Waals surface area contributed by atoms with Crippen LogP contribution in [0.5, 0.6) is 0 Å². The highest BCUT2D eigenvalue weighted by molar-refractivity contribution is 6.20. The Labute approximate surface area is 174 Å². The van der Waals surface area contributed by atoms with Crippen LogP contribution < -0.4 is 0 Å². The summed E-state index contributed by atoms with van der Waals surface area (Å²) < 4.78 is 68.2. The van der Waals surface area contributed by atoms with Crippen LogP contribution in [-0.4, -0.2) is 16.6 Å². The summed E-state index contributed by atoms with van der Waals surface area (Å²) >= 11 is 0. The molecular weight excluding hydrogens is 417 g/mol. The van der Waals surface area contributed by atoms with E-state index in [2.05, 4.69) is 11.6 Å². The summed E-state index contributed by atoms with van der Waals surface area (Å²) in [6.45, 7) is 6.00. The maximum atomic E-state index is 14.0. The van der Waals surface area contributed by atoms with Crippen LogP contribution in [-0.2, 0) is 12.6 Å². The number of fused-ring (bicyclic) bond motifs is 1. The van der Waals surface area contributed by atoms with E-state index < -0.39 is 46.9 Å². The highest BCUT2D eigenvalue weighted by Gasteiger charge is 2.35. The number of Topliss-reactive ketones (excluding diaryl/α,β-unsaturated/α-hetero) is 2. The van der Waals surface area contributed by atoms with Crippen LogP contribution in [0.3, 0.4) is 0 Å². The van der Waals surface area contributed by atoms with E-state index in [1.807, 2.05) is 0 Å². The number of ketones is 2. The number of pyridine rings is 1. The van der Waals surface area contributed by atoms with Crippen LogP contribution in [0.1, 0.15) is 44.5 Å². The van der Waals surface area contributed by atoms with Gasteiger partial charge in [0.2, 0.25) is 0 Å². The van der Waals surface area contributed by atoms with Crippen LogP contribution in [0.4, 0.5) is 22.0 Å². The van der Waals surface area contributed by atoms with Gasteiger partial charge >= 0.3 is 6.18 Å². The molecule has 0 aliphatic heterocycles. The van der Waals surface area contributed by atoms with Crippen molar-refractivity contribution < 1.29 is 31.5 Å². The highest BCUT2D eigenvalue weighted by Crippen LogP contribution is 2.36. The lowest BCUT2D eigenvalue weighted by molar-refractivity contribution is -0.136. The fraction of sp³-hybridized carbons (Fsp3) is 0.174. The molecule has 0 bridgehead atoms. The molecule has 0 radical (unpaired) electrons. The molecule has 8 heteroatoms. The molecule has 0 aliphatic rings. The van der Waals surface area contributed by atoms with Crippen LogP contribution in [0.25, 0.3) is 10.9 Å². The molecule has 0 unspecified atom stereocenters. The molecule has 3 rings (SSSR count). The molecule has 31 heavy (non-hydrogen) atoms. The second kappa shape index (κ2) is 8.02. The molecule has 160 valence electrons. The Morgan fingerprint density at radius 2 is 1.58 bits per heavy atom. The molecule has 0 N–H and O–H groups in total. The third-order valence-corrected chi connectivity index (χ3v) is 4.85. The number of nitrogens with zero attached hydrogens (tertiary/aromatic N) is 1. The Hall–Kier alpha value is -3.42. The normalized spacial score (nSPS) is 11.6. The zero-order chi connectivity index (χ0) is 23.1. The van der Waals surface area contributed by atoms with Crippen molar-refractivity contribution in [3.63, 3.8) is 0 Å². The second-order valence-electron chi connectivity index (χ2n) is 7.01. The quantitative estimate of drug-likeness (QED) is 0.281. The summed E-state index contributed by atoms with van der Waals surface area (Å²) in [5.41, 5.74) is -2.70. The van der Waals surface area contributed by atoms with Gasteiger partial charge in [-0.25, -0.2) is 8.78 Å². The number of alkyl halides is 3. The zero-order valence-corrected chi connectivity index (χ0v) is 16.5. The number of carbonyl (C=O) groups is 2. The first-order chi connectivity index (χ1) is 14.4. The largest absolute Gasteiger partial charge is 0.418 e. The van der Waals surface area contributed by atoms with Gasteiger partial charge in [-0.2, -0.15) is 13.2 Å². The number of para-hydroxylation sites is 1. The SMILES string of the molecule is C=C(Cc1c(F)cccc1F)C(=O)c1c(C)nc2c(C(F)(F)F)cccc2c1C(C)=O. The molecule has 0 saturated carbocycles. The predicted octanol–water partition coefficient (Wildman–Crippen LogP) is 6.02. The first kappa shape index (κ1) is 22.3. The minimum atomic E-state index is -4.72. The van der Waals surface area contributed by atoms with E-state index in [-0.39, 0.29) is 33.3 Å². The van der Waals surface area contributed by atoms with Gasteiger partial charge in [0.1, 0.15) is 11.6 Å². The van der Waals surface area contributed by atoms with Gasteiger partial charge in [0.15, 0.2) is 11.6 Å². The lowest BCUT2D eigenvalue weighted by Crippen LogP contribution is -2.16. The minimum Gasteiger partial charge on any atom is -0.294 e. The van der Waals surface area contributed by atoms with E-state index in [0.29, 0.717) is 0 Å². The van der Waals surface area contributed by atoms with Gasteiger partial charge in [0, 0.05) is 28.6 Å². The van der Waals surface area contributed by atoms with Crippen molar-refractivity contribution >= 4 is 22.5 Å². The molecule has 1 aromatic heterocycles. The number of rotatable bonds is 5. The zero-order valence-electron chi connectivity index (χ0n) is 16.5. The van der Waals surface area contributed by atoms with E-state index in [9.17, 15) is 31.5 Å². The van der Waals surface area contributed by atoms with Crippen molar-refractivity contribution in [2.45, 2.75) is 26.4 Å². The van der Waals surface area contributed by atoms with Crippen molar-refractivity contribution in [3.8, 4) is 0 Å². The van der Waals surface area contributed by atoms with Gasteiger partial charge in [0.25, 0.3) is 0 Å². The topological polar surface area (TPSA) is 47.0 Å². The van der Waals surface area contributed by atoms with E-state index in [4.69, 9.17) is 0 Å². The Balaban J connectivity index is 2.19. The molecule has 3 nitrogen and oxygen atoms in total. The number of hydrogen-bond donors (Lipinski definition) is 0. The molecule has 0 fully saturated rings. The number of aromatic nitrogens is 1. The van der Waals surface area contributed by atoms with Gasteiger partial charge in [0.05, 0.1) is 16.6 Å². The number of allylic oxidation sites excluding steroid dienone is 1. The van der Waals surface area contributed by atoms with Gasteiger partial charge in [-0.3, -0.25) is 14.6 Å². The lowest BCUT2D eigenvalue weighted by Gasteiger charge is -2.17. The molecule has 3 aromatic rings. The Morgan fingerprint density at radius 1 is 1.00 bits per heavy atom. The summed E-state index contributed by atoms with van der Waals surface area (Å²) in [6, 6.07) is 6.44. The maximum absolute atomic E-state index is 14.0. The van der Waals surface area contributed by atoms with Crippen molar-refractivity contribution in [2.75, 3.05) is 0 Å². The summed E-state index contributed by atoms with van der Waals surface area (Å²) in [4.78, 5) is 29.4. The fourth-order valence-electron chi connectivity index (χ4n) is 3.45. The maximum Gasteiger partial charge on any atom is 0.418 e. The first-order valence-electron chi connectivity index (χ1n) is 9.10. The number of carbonyl (C=O) groups excluding carboxylic acids is 2. The van der Waals surface area contributed by atoms with E-state index in [1.54, 1.807) is 0 Å². The van der Waals surface area contributed by atoms with Crippen molar-refractivity contribution in [2.24, 2.45) is 0 Å². The highest BCUT2D eigenvalue weighted by atomic mass is 19.4. The standard InChI is InChI=1S/C23H16F5NO2/c1-11(10-15-17(24)8-5-9-18(15)25)22(31)19-12(2)29-21-14(20(19)13(3)30)6-4-7-16(21)23(26,27)28/h4-9H,1,10H2,2-3H3. The predicted molar refractivity (Wildman–Crippen MR) is 105 cm³/mol. The van der Waals surface area contributed by atoms with Gasteiger partial charge < -0.3 is 0 Å². The molecule has 0 amide bonds. The Bertz CT molecular complexity index is 1220. The summed E-state index contributed by atoms with van der Waals surface area (Å²) in [7, 11) is 0. The number of hydrogen-bond acceptors (Lipinski definition) is 3. The average molecular weight is 433 g/mol. The molecule has 2 aromatic carbocycles. The fourth-order valence-corrected chi connectivity index (χ4v) is 3.45. The first-order valence-corrected chi connectivity index (χ1v) is 9.10. The van der Waals surface area contributed by atoms with Crippen molar-refractivity contribution in [3.05, 3.63) is 88.1 Å². The monoisotopic (exact) mass is 433 g/mol. The van der Waals surface area contributed by atoms with Gasteiger partial charge in [-0.05, 0) is 37.6 Å². The second-order valence-corrected chi connectivity index (χ2v) is 7.01. The molecular formula is C23H16F5NO2. The van der Waals surface area contributed by atoms with Gasteiger partial charge in [-0.1, -0.05) is 24.8 Å². The van der Waals surface area contributed by atoms with E-state index in [0.717, 1.165) is 31.2 Å². The smallest absolute Gasteiger partial charge is 0.294 e. The van der Waals surface area contributed by atoms with Crippen molar-refractivity contribution in [1.82, 2.24) is 4.98 Å². The lowest BCUT2D eigenvalue weighted by atomic mass is 9.89. The van der Waals surface area contributed by atoms with E-state index >= 15 is 0 Å². The Morgan fingerprint density at radius 3 is 2.13 bits per heavy atom. The molecule has 1 heterocycles. The minimum absolute atomic E-state index is 0.116. The molecule has 0 atom stereocenters. The molecule has 0 spiro atoms. The average Bonchev–Trinajstić information content (AvgIpc) is 2.67. The van der Waals surface area contributed by atoms with Crippen LogP contribution in [0, 0.1) is 18.6 Å². The van der Waals surface area contributed by atoms with Crippen LogP contribution in [0.2, 0.25) is 0 Å². The number of aryl methyl sites for hydroxylation is 1. The molecule has 0 saturated heterocycles. The van der Waals surface area contributed by atoms with E-state index in [1.165, 1.54) is 19.1 Å². The van der Waals surface area contributed by atoms with Crippen LogP contribution >= 0.6 is 0 Å². The Kier molecular flexibility index (Phi) is 5.76. The molecule has 0 aliphatic carbocycles.